The fourth-order valence-electron chi connectivity index (χ4n) is 3.74. The molecule has 28 heavy (non-hydrogen) atoms. The van der Waals surface area contributed by atoms with Crippen LogP contribution in [0.3, 0.4) is 0 Å². The van der Waals surface area contributed by atoms with Crippen LogP contribution in [-0.4, -0.2) is 51.4 Å². The van der Waals surface area contributed by atoms with Gasteiger partial charge in [-0.1, -0.05) is 24.3 Å². The molecule has 1 atom stereocenters. The quantitative estimate of drug-likeness (QED) is 0.695. The number of rotatable bonds is 3. The molecule has 0 N–H and O–H groups in total. The molecular weight excluding hydrogens is 352 g/mol. The zero-order valence-electron chi connectivity index (χ0n) is 16.8. The highest BCUT2D eigenvalue weighted by Crippen LogP contribution is 2.29. The summed E-state index contributed by atoms with van der Waals surface area (Å²) >= 11 is 0. The minimum atomic E-state index is 0.0145. The van der Waals surface area contributed by atoms with Gasteiger partial charge in [-0.2, -0.15) is 5.10 Å². The molecule has 1 aliphatic heterocycles. The summed E-state index contributed by atoms with van der Waals surface area (Å²) in [6.07, 6.45) is 1.81. The van der Waals surface area contributed by atoms with E-state index in [2.05, 4.69) is 31.9 Å². The summed E-state index contributed by atoms with van der Waals surface area (Å²) in [5, 5.41) is 5.31. The van der Waals surface area contributed by atoms with Crippen molar-refractivity contribution in [2.24, 2.45) is 0 Å². The normalized spacial score (nSPS) is 17.5. The molecule has 1 aliphatic rings. The number of morpholine rings is 1. The van der Waals surface area contributed by atoms with E-state index in [1.165, 1.54) is 0 Å². The van der Waals surface area contributed by atoms with Gasteiger partial charge in [0.1, 0.15) is 0 Å². The van der Waals surface area contributed by atoms with E-state index in [0.29, 0.717) is 25.3 Å². The molecule has 0 aliphatic carbocycles. The smallest absolute Gasteiger partial charge is 0.254 e. The van der Waals surface area contributed by atoms with E-state index in [9.17, 15) is 4.79 Å². The van der Waals surface area contributed by atoms with Crippen LogP contribution in [0.4, 0.5) is 0 Å². The Hall–Kier alpha value is -2.73. The fourth-order valence-corrected chi connectivity index (χ4v) is 3.74. The predicted molar refractivity (Wildman–Crippen MR) is 109 cm³/mol. The number of benzene rings is 1. The first-order chi connectivity index (χ1) is 13.5. The van der Waals surface area contributed by atoms with Crippen LogP contribution in [0.1, 0.15) is 42.7 Å². The standard InChI is InChI=1S/C22H26N4O2/c1-14(2)26-21-19(12-23-26)18(22(27)25-9-10-28-16(4)13-25)11-20(24-21)17-8-6-5-7-15(17)3/h5-8,11-12,14,16H,9-10,13H2,1-4H3/t16-/m1/s1. The number of nitrogens with zero attached hydrogens (tertiary/aromatic N) is 4. The number of carbonyl (C=O) groups is 1. The molecule has 3 heterocycles. The van der Waals surface area contributed by atoms with E-state index in [1.807, 2.05) is 40.8 Å². The van der Waals surface area contributed by atoms with Crippen molar-refractivity contribution in [3.63, 3.8) is 0 Å². The number of hydrogen-bond donors (Lipinski definition) is 0. The Balaban J connectivity index is 1.89. The van der Waals surface area contributed by atoms with Crippen molar-refractivity contribution >= 4 is 16.9 Å². The number of fused-ring (bicyclic) bond motifs is 1. The molecule has 1 aromatic carbocycles. The number of pyridine rings is 1. The SMILES string of the molecule is Cc1ccccc1-c1cc(C(=O)N2CCO[C@H](C)C2)c2cnn(C(C)C)c2n1. The van der Waals surface area contributed by atoms with Gasteiger partial charge in [0.15, 0.2) is 5.65 Å². The van der Waals surface area contributed by atoms with Crippen LogP contribution >= 0.6 is 0 Å². The Morgan fingerprint density at radius 3 is 2.79 bits per heavy atom. The zero-order valence-corrected chi connectivity index (χ0v) is 16.8. The summed E-state index contributed by atoms with van der Waals surface area (Å²) in [6.45, 7) is 9.96. The van der Waals surface area contributed by atoms with Crippen molar-refractivity contribution in [1.82, 2.24) is 19.7 Å². The highest BCUT2D eigenvalue weighted by atomic mass is 16.5. The molecule has 2 aromatic heterocycles. The van der Waals surface area contributed by atoms with E-state index in [4.69, 9.17) is 9.72 Å². The van der Waals surface area contributed by atoms with Crippen molar-refractivity contribution in [1.29, 1.82) is 0 Å². The van der Waals surface area contributed by atoms with Crippen molar-refractivity contribution in [3.8, 4) is 11.3 Å². The van der Waals surface area contributed by atoms with E-state index in [-0.39, 0.29) is 18.1 Å². The number of aromatic nitrogens is 3. The average Bonchev–Trinajstić information content (AvgIpc) is 3.11. The highest BCUT2D eigenvalue weighted by molar-refractivity contribution is 6.06. The van der Waals surface area contributed by atoms with Crippen LogP contribution in [0, 0.1) is 6.92 Å². The summed E-state index contributed by atoms with van der Waals surface area (Å²) < 4.78 is 7.49. The van der Waals surface area contributed by atoms with Gasteiger partial charge >= 0.3 is 0 Å². The lowest BCUT2D eigenvalue weighted by Crippen LogP contribution is -2.44. The first-order valence-electron chi connectivity index (χ1n) is 9.81. The minimum Gasteiger partial charge on any atom is -0.375 e. The third-order valence-electron chi connectivity index (χ3n) is 5.24. The number of aryl methyl sites for hydroxylation is 1. The van der Waals surface area contributed by atoms with E-state index < -0.39 is 0 Å². The molecule has 1 saturated heterocycles. The molecule has 0 spiro atoms. The molecule has 3 aromatic rings. The van der Waals surface area contributed by atoms with Crippen LogP contribution in [-0.2, 0) is 4.74 Å². The molecular formula is C22H26N4O2. The van der Waals surface area contributed by atoms with Gasteiger partial charge < -0.3 is 9.64 Å². The van der Waals surface area contributed by atoms with Crippen LogP contribution in [0.2, 0.25) is 0 Å². The van der Waals surface area contributed by atoms with E-state index in [1.54, 1.807) is 6.20 Å². The van der Waals surface area contributed by atoms with Gasteiger partial charge in [0.05, 0.1) is 35.6 Å². The third-order valence-corrected chi connectivity index (χ3v) is 5.24. The maximum absolute atomic E-state index is 13.4. The first-order valence-corrected chi connectivity index (χ1v) is 9.81. The molecule has 0 saturated carbocycles. The maximum atomic E-state index is 13.4. The number of amides is 1. The Bertz CT molecular complexity index is 1020. The molecule has 1 amide bonds. The van der Waals surface area contributed by atoms with E-state index >= 15 is 0 Å². The molecule has 1 fully saturated rings. The average molecular weight is 378 g/mol. The van der Waals surface area contributed by atoms with Crippen molar-refractivity contribution in [2.45, 2.75) is 39.8 Å². The second kappa shape index (κ2) is 7.36. The zero-order chi connectivity index (χ0) is 19.8. The Labute approximate surface area is 165 Å². The van der Waals surface area contributed by atoms with Gasteiger partial charge in [-0.25, -0.2) is 9.67 Å². The first kappa shape index (κ1) is 18.6. The van der Waals surface area contributed by atoms with Crippen LogP contribution in [0.5, 0.6) is 0 Å². The van der Waals surface area contributed by atoms with Gasteiger partial charge in [0.25, 0.3) is 5.91 Å². The van der Waals surface area contributed by atoms with Crippen LogP contribution < -0.4 is 0 Å². The largest absolute Gasteiger partial charge is 0.375 e. The lowest BCUT2D eigenvalue weighted by molar-refractivity contribution is -0.0123. The Morgan fingerprint density at radius 2 is 2.07 bits per heavy atom. The monoisotopic (exact) mass is 378 g/mol. The van der Waals surface area contributed by atoms with Gasteiger partial charge in [-0.3, -0.25) is 4.79 Å². The molecule has 6 nitrogen and oxygen atoms in total. The maximum Gasteiger partial charge on any atom is 0.254 e. The summed E-state index contributed by atoms with van der Waals surface area (Å²) in [5.74, 6) is 0.0145. The van der Waals surface area contributed by atoms with Crippen molar-refractivity contribution < 1.29 is 9.53 Å². The lowest BCUT2D eigenvalue weighted by atomic mass is 10.0. The summed E-state index contributed by atoms with van der Waals surface area (Å²) in [6, 6.07) is 10.2. The lowest BCUT2D eigenvalue weighted by Gasteiger charge is -2.31. The minimum absolute atomic E-state index is 0.0145. The predicted octanol–water partition coefficient (Wildman–Crippen LogP) is 3.85. The number of carbonyl (C=O) groups excluding carboxylic acids is 1. The van der Waals surface area contributed by atoms with Crippen LogP contribution in [0.15, 0.2) is 36.5 Å². The molecule has 0 unspecified atom stereocenters. The summed E-state index contributed by atoms with van der Waals surface area (Å²) in [4.78, 5) is 20.2. The second-order valence-corrected chi connectivity index (χ2v) is 7.72. The molecule has 146 valence electrons. The van der Waals surface area contributed by atoms with Crippen molar-refractivity contribution in [3.05, 3.63) is 47.7 Å². The molecule has 0 bridgehead atoms. The van der Waals surface area contributed by atoms with E-state index in [0.717, 1.165) is 27.9 Å². The van der Waals surface area contributed by atoms with Gasteiger partial charge in [0.2, 0.25) is 0 Å². The Kier molecular flexibility index (Phi) is 4.89. The molecule has 0 radical (unpaired) electrons. The summed E-state index contributed by atoms with van der Waals surface area (Å²) in [5.41, 5.74) is 4.37. The number of ether oxygens (including phenoxy) is 1. The van der Waals surface area contributed by atoms with Crippen molar-refractivity contribution in [2.75, 3.05) is 19.7 Å². The summed E-state index contributed by atoms with van der Waals surface area (Å²) in [7, 11) is 0. The topological polar surface area (TPSA) is 60.3 Å². The Morgan fingerprint density at radius 1 is 1.29 bits per heavy atom. The van der Waals surface area contributed by atoms with Gasteiger partial charge in [-0.15, -0.1) is 0 Å². The fraction of sp³-hybridized carbons (Fsp3) is 0.409. The molecule has 6 heteroatoms. The highest BCUT2D eigenvalue weighted by Gasteiger charge is 2.26. The van der Waals surface area contributed by atoms with Gasteiger partial charge in [-0.05, 0) is 39.3 Å². The van der Waals surface area contributed by atoms with Crippen LogP contribution in [0.25, 0.3) is 22.3 Å². The number of hydrogen-bond acceptors (Lipinski definition) is 4. The molecule has 4 rings (SSSR count). The second-order valence-electron chi connectivity index (χ2n) is 7.72. The van der Waals surface area contributed by atoms with Gasteiger partial charge in [0, 0.05) is 24.7 Å². The third kappa shape index (κ3) is 3.29.